The molecule has 4 nitrogen and oxygen atoms in total. The Morgan fingerprint density at radius 1 is 1.47 bits per heavy atom. The third-order valence-electron chi connectivity index (χ3n) is 2.01. The first-order chi connectivity index (χ1) is 6.95. The van der Waals surface area contributed by atoms with Crippen LogP contribution in [0, 0.1) is 0 Å². The third-order valence-corrected chi connectivity index (χ3v) is 4.25. The van der Waals surface area contributed by atoms with Gasteiger partial charge in [-0.05, 0) is 34.5 Å². The summed E-state index contributed by atoms with van der Waals surface area (Å²) in [5, 5.41) is 0. The predicted octanol–water partition coefficient (Wildman–Crippen LogP) is 1.63. The lowest BCUT2D eigenvalue weighted by Gasteiger charge is -2.15. The van der Waals surface area contributed by atoms with Crippen molar-refractivity contribution in [1.29, 1.82) is 0 Å². The van der Waals surface area contributed by atoms with Gasteiger partial charge in [0, 0.05) is 30.5 Å². The minimum absolute atomic E-state index is 0.116. The summed E-state index contributed by atoms with van der Waals surface area (Å²) in [5.41, 5.74) is 0.865. The summed E-state index contributed by atoms with van der Waals surface area (Å²) in [6.45, 7) is 1.98. The first-order valence-corrected chi connectivity index (χ1v) is 6.89. The minimum atomic E-state index is -3.12. The zero-order valence-corrected chi connectivity index (χ0v) is 11.0. The molecule has 0 aromatic carbocycles. The van der Waals surface area contributed by atoms with E-state index in [1.54, 1.807) is 26.4 Å². The second-order valence-electron chi connectivity index (χ2n) is 3.17. The van der Waals surface area contributed by atoms with Crippen molar-refractivity contribution in [2.45, 2.75) is 13.5 Å². The Hall–Kier alpha value is -0.460. The Morgan fingerprint density at radius 2 is 2.13 bits per heavy atom. The molecule has 0 aliphatic heterocycles. The highest BCUT2D eigenvalue weighted by Crippen LogP contribution is 2.12. The van der Waals surface area contributed by atoms with E-state index >= 15 is 0 Å². The van der Waals surface area contributed by atoms with Crippen molar-refractivity contribution in [3.8, 4) is 0 Å². The third kappa shape index (κ3) is 3.55. The van der Waals surface area contributed by atoms with E-state index in [1.807, 2.05) is 6.07 Å². The molecule has 6 heteroatoms. The van der Waals surface area contributed by atoms with Crippen LogP contribution in [0.15, 0.2) is 22.9 Å². The molecule has 0 atom stereocenters. The average Bonchev–Trinajstić information content (AvgIpc) is 2.17. The summed E-state index contributed by atoms with van der Waals surface area (Å²) in [4.78, 5) is 3.98. The normalized spacial score (nSPS) is 12.0. The van der Waals surface area contributed by atoms with Crippen LogP contribution in [0.5, 0.6) is 0 Å². The lowest BCUT2D eigenvalue weighted by Crippen LogP contribution is -2.27. The second kappa shape index (κ2) is 5.05. The van der Waals surface area contributed by atoms with Crippen LogP contribution in [0.2, 0.25) is 0 Å². The van der Waals surface area contributed by atoms with E-state index in [2.05, 4.69) is 20.9 Å². The van der Waals surface area contributed by atoms with Crippen LogP contribution >= 0.6 is 15.9 Å². The van der Waals surface area contributed by atoms with Gasteiger partial charge in [-0.25, -0.2) is 12.7 Å². The van der Waals surface area contributed by atoms with Crippen LogP contribution in [0.25, 0.3) is 0 Å². The molecule has 0 aliphatic rings. The molecule has 1 heterocycles. The van der Waals surface area contributed by atoms with Crippen molar-refractivity contribution in [3.05, 3.63) is 28.5 Å². The molecule has 0 saturated carbocycles. The fraction of sp³-hybridized carbons (Fsp3) is 0.444. The van der Waals surface area contributed by atoms with E-state index < -0.39 is 10.0 Å². The van der Waals surface area contributed by atoms with E-state index in [0.717, 1.165) is 10.0 Å². The summed E-state index contributed by atoms with van der Waals surface area (Å²) >= 11 is 3.29. The Labute approximate surface area is 98.5 Å². The molecule has 0 aliphatic carbocycles. The van der Waals surface area contributed by atoms with Crippen molar-refractivity contribution >= 4 is 26.0 Å². The molecule has 0 unspecified atom stereocenters. The highest BCUT2D eigenvalue weighted by atomic mass is 79.9. The number of hydrogen-bond acceptors (Lipinski definition) is 3. The van der Waals surface area contributed by atoms with Crippen molar-refractivity contribution in [1.82, 2.24) is 9.29 Å². The van der Waals surface area contributed by atoms with Crippen LogP contribution in [0.3, 0.4) is 0 Å². The van der Waals surface area contributed by atoms with Gasteiger partial charge in [0.2, 0.25) is 10.0 Å². The SMILES string of the molecule is CCS(=O)(=O)N(C)Cc1cncc(Br)c1. The number of aromatic nitrogens is 1. The smallest absolute Gasteiger partial charge is 0.213 e. The van der Waals surface area contributed by atoms with Gasteiger partial charge in [0.15, 0.2) is 0 Å². The van der Waals surface area contributed by atoms with E-state index in [0.29, 0.717) is 6.54 Å². The maximum Gasteiger partial charge on any atom is 0.213 e. The molecule has 0 N–H and O–H groups in total. The molecule has 1 aromatic rings. The average molecular weight is 293 g/mol. The van der Waals surface area contributed by atoms with Crippen LogP contribution in [0.4, 0.5) is 0 Å². The molecular weight excluding hydrogens is 280 g/mol. The van der Waals surface area contributed by atoms with Gasteiger partial charge < -0.3 is 0 Å². The van der Waals surface area contributed by atoms with Gasteiger partial charge in [-0.1, -0.05) is 0 Å². The van der Waals surface area contributed by atoms with Crippen molar-refractivity contribution in [3.63, 3.8) is 0 Å². The van der Waals surface area contributed by atoms with Gasteiger partial charge in [0.05, 0.1) is 5.75 Å². The molecule has 15 heavy (non-hydrogen) atoms. The van der Waals surface area contributed by atoms with Gasteiger partial charge in [-0.2, -0.15) is 0 Å². The number of hydrogen-bond donors (Lipinski definition) is 0. The van der Waals surface area contributed by atoms with Crippen LogP contribution < -0.4 is 0 Å². The predicted molar refractivity (Wildman–Crippen MR) is 62.9 cm³/mol. The van der Waals surface area contributed by atoms with Gasteiger partial charge in [-0.15, -0.1) is 0 Å². The van der Waals surface area contributed by atoms with Crippen molar-refractivity contribution in [2.24, 2.45) is 0 Å². The molecule has 1 aromatic heterocycles. The zero-order valence-electron chi connectivity index (χ0n) is 8.64. The standard InChI is InChI=1S/C9H13BrN2O2S/c1-3-15(13,14)12(2)7-8-4-9(10)6-11-5-8/h4-6H,3,7H2,1-2H3. The summed E-state index contributed by atoms with van der Waals surface area (Å²) in [5.74, 6) is 0.116. The fourth-order valence-electron chi connectivity index (χ4n) is 1.12. The second-order valence-corrected chi connectivity index (χ2v) is 6.45. The Balaban J connectivity index is 2.79. The largest absolute Gasteiger partial charge is 0.263 e. The zero-order chi connectivity index (χ0) is 11.5. The number of halogens is 1. The maximum absolute atomic E-state index is 11.5. The van der Waals surface area contributed by atoms with Crippen LogP contribution in [0.1, 0.15) is 12.5 Å². The summed E-state index contributed by atoms with van der Waals surface area (Å²) in [6.07, 6.45) is 3.32. The number of nitrogens with zero attached hydrogens (tertiary/aromatic N) is 2. The molecule has 0 bridgehead atoms. The lowest BCUT2D eigenvalue weighted by molar-refractivity contribution is 0.467. The molecule has 84 valence electrons. The van der Waals surface area contributed by atoms with E-state index in [-0.39, 0.29) is 5.75 Å². The first kappa shape index (κ1) is 12.6. The fourth-order valence-corrected chi connectivity index (χ4v) is 2.32. The molecular formula is C9H13BrN2O2S. The molecule has 0 radical (unpaired) electrons. The van der Waals surface area contributed by atoms with Crippen LogP contribution in [-0.2, 0) is 16.6 Å². The molecule has 0 spiro atoms. The number of pyridine rings is 1. The first-order valence-electron chi connectivity index (χ1n) is 4.49. The van der Waals surface area contributed by atoms with Gasteiger partial charge >= 0.3 is 0 Å². The van der Waals surface area contributed by atoms with Gasteiger partial charge in [-0.3, -0.25) is 4.98 Å². The molecule has 0 fully saturated rings. The van der Waals surface area contributed by atoms with Crippen LogP contribution in [-0.4, -0.2) is 30.5 Å². The summed E-state index contributed by atoms with van der Waals surface area (Å²) in [7, 11) is -1.55. The highest BCUT2D eigenvalue weighted by Gasteiger charge is 2.15. The van der Waals surface area contributed by atoms with Gasteiger partial charge in [0.1, 0.15) is 0 Å². The molecule has 0 amide bonds. The number of sulfonamides is 1. The summed E-state index contributed by atoms with van der Waals surface area (Å²) in [6, 6.07) is 1.86. The Kier molecular flexibility index (Phi) is 4.24. The molecule has 0 saturated heterocycles. The van der Waals surface area contributed by atoms with E-state index in [4.69, 9.17) is 0 Å². The van der Waals surface area contributed by atoms with E-state index in [1.165, 1.54) is 4.31 Å². The van der Waals surface area contributed by atoms with Crippen molar-refractivity contribution in [2.75, 3.05) is 12.8 Å². The quantitative estimate of drug-likeness (QED) is 0.847. The topological polar surface area (TPSA) is 50.3 Å². The van der Waals surface area contributed by atoms with Crippen molar-refractivity contribution < 1.29 is 8.42 Å². The number of rotatable bonds is 4. The highest BCUT2D eigenvalue weighted by molar-refractivity contribution is 9.10. The monoisotopic (exact) mass is 292 g/mol. The van der Waals surface area contributed by atoms with Gasteiger partial charge in [0.25, 0.3) is 0 Å². The Morgan fingerprint density at radius 3 is 2.67 bits per heavy atom. The minimum Gasteiger partial charge on any atom is -0.263 e. The molecule has 1 rings (SSSR count). The maximum atomic E-state index is 11.5. The Bertz CT molecular complexity index is 433. The van der Waals surface area contributed by atoms with E-state index in [9.17, 15) is 8.42 Å². The summed E-state index contributed by atoms with van der Waals surface area (Å²) < 4.78 is 25.1. The lowest BCUT2D eigenvalue weighted by atomic mass is 10.3.